The Balaban J connectivity index is 2.27. The van der Waals surface area contributed by atoms with Gasteiger partial charge in [0.15, 0.2) is 0 Å². The van der Waals surface area contributed by atoms with E-state index in [-0.39, 0.29) is 0 Å². The fraction of sp³-hybridized carbons (Fsp3) is 0.429. The van der Waals surface area contributed by atoms with Crippen molar-refractivity contribution in [3.8, 4) is 0 Å². The molecule has 0 fully saturated rings. The summed E-state index contributed by atoms with van der Waals surface area (Å²) in [5, 5.41) is 15.4. The number of aromatic nitrogens is 3. The highest BCUT2D eigenvalue weighted by Gasteiger charge is 2.18. The van der Waals surface area contributed by atoms with Gasteiger partial charge in [0.2, 0.25) is 0 Å². The monoisotopic (exact) mass is 279 g/mol. The molecule has 1 atom stereocenters. The lowest BCUT2D eigenvalue weighted by atomic mass is 10.0. The molecule has 102 valence electrons. The number of aliphatic hydroxyl groups excluding tert-OH is 1. The normalized spacial score (nSPS) is 12.7. The molecule has 2 aromatic heterocycles. The zero-order valence-corrected chi connectivity index (χ0v) is 12.1. The molecule has 0 amide bonds. The third-order valence-electron chi connectivity index (χ3n) is 3.31. The number of nitrogens with zero attached hydrogens (tertiary/aromatic N) is 3. The van der Waals surface area contributed by atoms with Gasteiger partial charge in [0.25, 0.3) is 0 Å². The largest absolute Gasteiger partial charge is 0.388 e. The van der Waals surface area contributed by atoms with E-state index in [2.05, 4.69) is 10.1 Å². The van der Waals surface area contributed by atoms with Gasteiger partial charge >= 0.3 is 0 Å². The fourth-order valence-electron chi connectivity index (χ4n) is 2.19. The molecule has 0 saturated carbocycles. The van der Waals surface area contributed by atoms with Crippen LogP contribution in [0.4, 0.5) is 0 Å². The van der Waals surface area contributed by atoms with Gasteiger partial charge in [-0.2, -0.15) is 5.10 Å². The first-order valence-electron chi connectivity index (χ1n) is 6.33. The van der Waals surface area contributed by atoms with E-state index in [0.717, 1.165) is 28.9 Å². The van der Waals surface area contributed by atoms with Crippen molar-refractivity contribution in [1.82, 2.24) is 14.8 Å². The van der Waals surface area contributed by atoms with Crippen LogP contribution in [0.1, 0.15) is 35.5 Å². The molecule has 0 spiro atoms. The Morgan fingerprint density at radius 2 is 2.21 bits per heavy atom. The molecule has 0 aliphatic heterocycles. The molecule has 2 aromatic rings. The zero-order valence-electron chi connectivity index (χ0n) is 11.4. The minimum atomic E-state index is -0.597. The average Bonchev–Trinajstić information content (AvgIpc) is 2.66. The first kappa shape index (κ1) is 14.0. The molecule has 2 rings (SSSR count). The van der Waals surface area contributed by atoms with Gasteiger partial charge in [-0.3, -0.25) is 9.67 Å². The molecule has 0 aromatic carbocycles. The third kappa shape index (κ3) is 2.80. The molecule has 0 radical (unpaired) electrons. The molecule has 1 N–H and O–H groups in total. The second-order valence-electron chi connectivity index (χ2n) is 4.64. The van der Waals surface area contributed by atoms with Crippen LogP contribution < -0.4 is 0 Å². The molecule has 2 heterocycles. The molecule has 0 saturated heterocycles. The summed E-state index contributed by atoms with van der Waals surface area (Å²) in [6, 6.07) is 1.84. The lowest BCUT2D eigenvalue weighted by molar-refractivity contribution is 0.175. The van der Waals surface area contributed by atoms with Crippen LogP contribution in [0.3, 0.4) is 0 Å². The van der Waals surface area contributed by atoms with Crippen molar-refractivity contribution in [1.29, 1.82) is 0 Å². The maximum atomic E-state index is 10.4. The molecule has 0 aliphatic carbocycles. The topological polar surface area (TPSA) is 50.9 Å². The first-order valence-corrected chi connectivity index (χ1v) is 6.71. The van der Waals surface area contributed by atoms with Crippen molar-refractivity contribution in [2.24, 2.45) is 7.05 Å². The summed E-state index contributed by atoms with van der Waals surface area (Å²) in [7, 11) is 1.85. The lowest BCUT2D eigenvalue weighted by Gasteiger charge is -2.13. The second-order valence-corrected chi connectivity index (χ2v) is 5.01. The van der Waals surface area contributed by atoms with Crippen molar-refractivity contribution in [3.63, 3.8) is 0 Å². The summed E-state index contributed by atoms with van der Waals surface area (Å²) in [6.45, 7) is 3.95. The van der Waals surface area contributed by atoms with Crippen LogP contribution in [-0.2, 0) is 19.9 Å². The van der Waals surface area contributed by atoms with E-state index in [1.807, 2.05) is 27.0 Å². The molecular formula is C14H18ClN3O. The van der Waals surface area contributed by atoms with Gasteiger partial charge in [-0.1, -0.05) is 18.5 Å². The molecule has 1 unspecified atom stereocenters. The van der Waals surface area contributed by atoms with Crippen LogP contribution in [-0.4, -0.2) is 19.9 Å². The van der Waals surface area contributed by atoms with Gasteiger partial charge in [-0.05, 0) is 30.5 Å². The Morgan fingerprint density at radius 1 is 1.47 bits per heavy atom. The van der Waals surface area contributed by atoms with E-state index in [1.54, 1.807) is 17.1 Å². The highest BCUT2D eigenvalue weighted by atomic mass is 35.5. The van der Waals surface area contributed by atoms with Gasteiger partial charge in [-0.15, -0.1) is 0 Å². The first-order chi connectivity index (χ1) is 9.04. The molecule has 4 nitrogen and oxygen atoms in total. The zero-order chi connectivity index (χ0) is 14.0. The molecule has 19 heavy (non-hydrogen) atoms. The van der Waals surface area contributed by atoms with Crippen LogP contribution >= 0.6 is 11.6 Å². The predicted molar refractivity (Wildman–Crippen MR) is 75.2 cm³/mol. The fourth-order valence-corrected chi connectivity index (χ4v) is 2.56. The second kappa shape index (κ2) is 5.72. The third-order valence-corrected chi connectivity index (χ3v) is 3.75. The maximum absolute atomic E-state index is 10.4. The SMILES string of the molecule is CCc1nn(C)c(CC(O)c2ccncc2C)c1Cl. The minimum Gasteiger partial charge on any atom is -0.388 e. The van der Waals surface area contributed by atoms with Gasteiger partial charge in [0.1, 0.15) is 0 Å². The minimum absolute atomic E-state index is 0.452. The van der Waals surface area contributed by atoms with Crippen molar-refractivity contribution in [3.05, 3.63) is 46.0 Å². The standard InChI is InChI=1S/C14H18ClN3O/c1-4-11-14(15)12(18(3)17-11)7-13(19)10-5-6-16-8-9(10)2/h5-6,8,13,19H,4,7H2,1-3H3. The van der Waals surface area contributed by atoms with Crippen LogP contribution in [0, 0.1) is 6.92 Å². The summed E-state index contributed by atoms with van der Waals surface area (Å²) in [6.07, 6.45) is 4.08. The molecule has 0 aliphatic rings. The van der Waals surface area contributed by atoms with E-state index in [0.29, 0.717) is 11.4 Å². The van der Waals surface area contributed by atoms with Gasteiger partial charge in [0.05, 0.1) is 22.5 Å². The van der Waals surface area contributed by atoms with Gasteiger partial charge in [-0.25, -0.2) is 0 Å². The Kier molecular flexibility index (Phi) is 4.22. The quantitative estimate of drug-likeness (QED) is 0.936. The molecule has 0 bridgehead atoms. The Bertz CT molecular complexity index is 580. The number of hydrogen-bond donors (Lipinski definition) is 1. The van der Waals surface area contributed by atoms with E-state index in [1.165, 1.54) is 0 Å². The summed E-state index contributed by atoms with van der Waals surface area (Å²) in [5.74, 6) is 0. The van der Waals surface area contributed by atoms with Crippen LogP contribution in [0.5, 0.6) is 0 Å². The number of aliphatic hydroxyl groups is 1. The average molecular weight is 280 g/mol. The van der Waals surface area contributed by atoms with E-state index in [4.69, 9.17) is 11.6 Å². The van der Waals surface area contributed by atoms with Gasteiger partial charge in [0, 0.05) is 25.9 Å². The summed E-state index contributed by atoms with van der Waals surface area (Å²) in [4.78, 5) is 4.03. The summed E-state index contributed by atoms with van der Waals surface area (Å²) < 4.78 is 1.75. The van der Waals surface area contributed by atoms with Crippen LogP contribution in [0.15, 0.2) is 18.5 Å². The molecular weight excluding hydrogens is 262 g/mol. The van der Waals surface area contributed by atoms with Crippen molar-refractivity contribution < 1.29 is 5.11 Å². The van der Waals surface area contributed by atoms with Crippen LogP contribution in [0.2, 0.25) is 5.02 Å². The van der Waals surface area contributed by atoms with Crippen molar-refractivity contribution in [2.75, 3.05) is 0 Å². The Hall–Kier alpha value is -1.39. The number of halogens is 1. The van der Waals surface area contributed by atoms with Crippen molar-refractivity contribution >= 4 is 11.6 Å². The Labute approximate surface area is 118 Å². The van der Waals surface area contributed by atoms with Crippen molar-refractivity contribution in [2.45, 2.75) is 32.8 Å². The van der Waals surface area contributed by atoms with E-state index in [9.17, 15) is 5.11 Å². The summed E-state index contributed by atoms with van der Waals surface area (Å²) >= 11 is 6.29. The lowest BCUT2D eigenvalue weighted by Crippen LogP contribution is -2.08. The predicted octanol–water partition coefficient (Wildman–Crippen LogP) is 2.62. The van der Waals surface area contributed by atoms with E-state index < -0.39 is 6.10 Å². The summed E-state index contributed by atoms with van der Waals surface area (Å²) in [5.41, 5.74) is 3.59. The van der Waals surface area contributed by atoms with E-state index >= 15 is 0 Å². The number of rotatable bonds is 4. The smallest absolute Gasteiger partial charge is 0.0850 e. The Morgan fingerprint density at radius 3 is 2.79 bits per heavy atom. The highest BCUT2D eigenvalue weighted by molar-refractivity contribution is 6.31. The number of aryl methyl sites for hydroxylation is 3. The van der Waals surface area contributed by atoms with Gasteiger partial charge < -0.3 is 5.11 Å². The molecule has 5 heteroatoms. The number of hydrogen-bond acceptors (Lipinski definition) is 3. The van der Waals surface area contributed by atoms with Crippen LogP contribution in [0.25, 0.3) is 0 Å². The maximum Gasteiger partial charge on any atom is 0.0850 e. The number of pyridine rings is 1. The highest BCUT2D eigenvalue weighted by Crippen LogP contribution is 2.27.